The SMILES string of the molecule is CC/C=C\C/C=C\C/C=C\C/C=C\C/C=C\CCCCCCCCCCCCCCCCCC(=O)OC(COC(=O)CCCCCCC/C=C\CCCCCCCC)COP(=O)([O-])OCC[N+](C)(C)C. The molecular weight excluding hydrogens is 894 g/mol. The Labute approximate surface area is 431 Å². The molecular formula is C60H108NO8P. The summed E-state index contributed by atoms with van der Waals surface area (Å²) in [5, 5.41) is 0. The van der Waals surface area contributed by atoms with Crippen molar-refractivity contribution in [2.24, 2.45) is 0 Å². The minimum absolute atomic E-state index is 0.0334. The Morgan fingerprint density at radius 2 is 0.814 bits per heavy atom. The first-order valence-corrected chi connectivity index (χ1v) is 30.1. The van der Waals surface area contributed by atoms with Crippen molar-refractivity contribution in [3.05, 3.63) is 72.9 Å². The van der Waals surface area contributed by atoms with Crippen molar-refractivity contribution in [3.63, 3.8) is 0 Å². The highest BCUT2D eigenvalue weighted by atomic mass is 31.2. The number of phosphoric acid groups is 1. The number of allylic oxidation sites excluding steroid dienone is 12. The third-order valence-corrected chi connectivity index (χ3v) is 13.2. The topological polar surface area (TPSA) is 111 Å². The van der Waals surface area contributed by atoms with Crippen LogP contribution >= 0.6 is 7.82 Å². The molecule has 0 fully saturated rings. The van der Waals surface area contributed by atoms with Crippen LogP contribution in [0.15, 0.2) is 72.9 Å². The van der Waals surface area contributed by atoms with Gasteiger partial charge in [0, 0.05) is 12.8 Å². The van der Waals surface area contributed by atoms with Crippen LogP contribution in [0.2, 0.25) is 0 Å². The average molecular weight is 1000 g/mol. The molecule has 0 N–H and O–H groups in total. The molecule has 0 amide bonds. The van der Waals surface area contributed by atoms with Crippen molar-refractivity contribution in [1.82, 2.24) is 0 Å². The Kier molecular flexibility index (Phi) is 49.5. The molecule has 0 aromatic heterocycles. The lowest BCUT2D eigenvalue weighted by molar-refractivity contribution is -0.870. The summed E-state index contributed by atoms with van der Waals surface area (Å²) in [6.45, 7) is 4.12. The van der Waals surface area contributed by atoms with E-state index in [4.69, 9.17) is 18.5 Å². The molecule has 0 bridgehead atoms. The Balaban J connectivity index is 4.10. The van der Waals surface area contributed by atoms with Gasteiger partial charge in [0.05, 0.1) is 27.7 Å². The molecule has 2 atom stereocenters. The van der Waals surface area contributed by atoms with E-state index in [1.807, 2.05) is 21.1 Å². The van der Waals surface area contributed by atoms with Crippen LogP contribution in [-0.2, 0) is 32.7 Å². The number of likely N-dealkylation sites (N-methyl/N-ethyl adjacent to an activating group) is 1. The van der Waals surface area contributed by atoms with Crippen LogP contribution in [0, 0.1) is 0 Å². The molecule has 0 aliphatic carbocycles. The largest absolute Gasteiger partial charge is 0.756 e. The van der Waals surface area contributed by atoms with Gasteiger partial charge in [0.2, 0.25) is 0 Å². The number of rotatable bonds is 52. The minimum Gasteiger partial charge on any atom is -0.756 e. The van der Waals surface area contributed by atoms with Gasteiger partial charge in [-0.15, -0.1) is 0 Å². The number of esters is 2. The predicted octanol–water partition coefficient (Wildman–Crippen LogP) is 17.1. The van der Waals surface area contributed by atoms with Gasteiger partial charge < -0.3 is 27.9 Å². The van der Waals surface area contributed by atoms with Gasteiger partial charge in [-0.1, -0.05) is 222 Å². The van der Waals surface area contributed by atoms with E-state index in [1.165, 1.54) is 122 Å². The van der Waals surface area contributed by atoms with Gasteiger partial charge in [0.15, 0.2) is 6.10 Å². The monoisotopic (exact) mass is 1000 g/mol. The number of carbonyl (C=O) groups excluding carboxylic acids is 2. The van der Waals surface area contributed by atoms with Crippen LogP contribution in [-0.4, -0.2) is 70.0 Å². The normalized spacial score (nSPS) is 13.9. The first kappa shape index (κ1) is 67.5. The lowest BCUT2D eigenvalue weighted by Crippen LogP contribution is -2.37. The molecule has 0 aliphatic rings. The molecule has 0 rings (SSSR count). The zero-order valence-corrected chi connectivity index (χ0v) is 46.8. The van der Waals surface area contributed by atoms with Crippen molar-refractivity contribution in [2.45, 2.75) is 251 Å². The molecule has 2 unspecified atom stereocenters. The van der Waals surface area contributed by atoms with Crippen molar-refractivity contribution in [3.8, 4) is 0 Å². The van der Waals surface area contributed by atoms with Crippen molar-refractivity contribution in [2.75, 3.05) is 47.5 Å². The maximum atomic E-state index is 12.8. The van der Waals surface area contributed by atoms with Gasteiger partial charge in [-0.05, 0) is 83.5 Å². The molecule has 0 aliphatic heterocycles. The Bertz CT molecular complexity index is 1410. The zero-order valence-electron chi connectivity index (χ0n) is 46.0. The first-order chi connectivity index (χ1) is 34.0. The number of ether oxygens (including phenoxy) is 2. The number of hydrogen-bond donors (Lipinski definition) is 0. The van der Waals surface area contributed by atoms with E-state index in [0.29, 0.717) is 17.4 Å². The summed E-state index contributed by atoms with van der Waals surface area (Å²) in [6.07, 6.45) is 66.6. The van der Waals surface area contributed by atoms with Crippen molar-refractivity contribution < 1.29 is 42.1 Å². The number of unbranched alkanes of at least 4 members (excludes halogenated alkanes) is 26. The van der Waals surface area contributed by atoms with Gasteiger partial charge in [0.1, 0.15) is 19.8 Å². The van der Waals surface area contributed by atoms with Gasteiger partial charge in [-0.25, -0.2) is 0 Å². The van der Waals surface area contributed by atoms with Gasteiger partial charge in [0.25, 0.3) is 7.82 Å². The highest BCUT2D eigenvalue weighted by Gasteiger charge is 2.21. The summed E-state index contributed by atoms with van der Waals surface area (Å²) in [6, 6.07) is 0. The van der Waals surface area contributed by atoms with Crippen molar-refractivity contribution >= 4 is 19.8 Å². The highest BCUT2D eigenvalue weighted by molar-refractivity contribution is 7.45. The van der Waals surface area contributed by atoms with E-state index in [9.17, 15) is 19.0 Å². The smallest absolute Gasteiger partial charge is 0.306 e. The van der Waals surface area contributed by atoms with Gasteiger partial charge >= 0.3 is 11.9 Å². The molecule has 0 aromatic rings. The summed E-state index contributed by atoms with van der Waals surface area (Å²) in [5.74, 6) is -0.840. The Morgan fingerprint density at radius 1 is 0.457 bits per heavy atom. The summed E-state index contributed by atoms with van der Waals surface area (Å²) in [4.78, 5) is 37.8. The Morgan fingerprint density at radius 3 is 1.23 bits per heavy atom. The molecule has 70 heavy (non-hydrogen) atoms. The van der Waals surface area contributed by atoms with E-state index >= 15 is 0 Å². The second-order valence-corrected chi connectivity index (χ2v) is 21.7. The van der Waals surface area contributed by atoms with E-state index < -0.39 is 32.5 Å². The maximum Gasteiger partial charge on any atom is 0.306 e. The molecule has 0 saturated carbocycles. The van der Waals surface area contributed by atoms with Crippen LogP contribution in [0.1, 0.15) is 245 Å². The van der Waals surface area contributed by atoms with Gasteiger partial charge in [-0.3, -0.25) is 14.2 Å². The summed E-state index contributed by atoms with van der Waals surface area (Å²) < 4.78 is 34.1. The second-order valence-electron chi connectivity index (χ2n) is 20.3. The fourth-order valence-corrected chi connectivity index (χ4v) is 8.52. The molecule has 0 saturated heterocycles. The van der Waals surface area contributed by atoms with Crippen LogP contribution in [0.4, 0.5) is 0 Å². The summed E-state index contributed by atoms with van der Waals surface area (Å²) in [5.41, 5.74) is 0. The summed E-state index contributed by atoms with van der Waals surface area (Å²) >= 11 is 0. The van der Waals surface area contributed by atoms with E-state index in [2.05, 4.69) is 86.8 Å². The molecule has 10 heteroatoms. The Hall–Kier alpha value is -2.55. The van der Waals surface area contributed by atoms with Crippen LogP contribution in [0.25, 0.3) is 0 Å². The van der Waals surface area contributed by atoms with E-state index in [0.717, 1.165) is 89.9 Å². The van der Waals surface area contributed by atoms with Crippen LogP contribution in [0.3, 0.4) is 0 Å². The van der Waals surface area contributed by atoms with Crippen LogP contribution < -0.4 is 4.89 Å². The molecule has 9 nitrogen and oxygen atoms in total. The van der Waals surface area contributed by atoms with Gasteiger partial charge in [-0.2, -0.15) is 0 Å². The van der Waals surface area contributed by atoms with E-state index in [1.54, 1.807) is 0 Å². The lowest BCUT2D eigenvalue weighted by Gasteiger charge is -2.28. The maximum absolute atomic E-state index is 12.8. The number of phosphoric ester groups is 1. The highest BCUT2D eigenvalue weighted by Crippen LogP contribution is 2.38. The molecule has 0 heterocycles. The number of quaternary nitrogens is 1. The minimum atomic E-state index is -4.64. The number of nitrogens with zero attached hydrogens (tertiary/aromatic N) is 1. The predicted molar refractivity (Wildman–Crippen MR) is 296 cm³/mol. The standard InChI is InChI=1S/C60H108NO8P/c1-6-8-10-12-14-16-18-20-22-23-24-25-26-27-28-29-30-31-32-33-34-35-36-37-39-41-43-45-47-49-51-53-60(63)69-58(57-68-70(64,65)67-55-54-61(3,4)5)56-66-59(62)52-50-48-46-44-42-40-38-21-19-17-15-13-11-9-7-2/h8,10,14,16,20-22,24-25,27-28,38,58H,6-7,9,11-13,15,17-19,23,26,29-37,39-57H2,1-5H3/b10-8-,16-14-,22-20-,25-24-,28-27-,38-21-. The number of hydrogen-bond acceptors (Lipinski definition) is 8. The van der Waals surface area contributed by atoms with E-state index in [-0.39, 0.29) is 26.1 Å². The molecule has 0 aromatic carbocycles. The zero-order chi connectivity index (χ0) is 51.3. The van der Waals surface area contributed by atoms with Crippen molar-refractivity contribution in [1.29, 1.82) is 0 Å². The second kappa shape index (κ2) is 51.4. The molecule has 406 valence electrons. The lowest BCUT2D eigenvalue weighted by atomic mass is 10.0. The van der Waals surface area contributed by atoms with Crippen LogP contribution in [0.5, 0.6) is 0 Å². The first-order valence-electron chi connectivity index (χ1n) is 28.6. The third-order valence-electron chi connectivity index (χ3n) is 12.2. The summed E-state index contributed by atoms with van der Waals surface area (Å²) in [7, 11) is 1.16. The molecule has 0 spiro atoms. The third kappa shape index (κ3) is 54.8. The number of carbonyl (C=O) groups is 2. The quantitative estimate of drug-likeness (QED) is 0.0195. The average Bonchev–Trinajstić information content (AvgIpc) is 3.32. The molecule has 0 radical (unpaired) electrons. The fourth-order valence-electron chi connectivity index (χ4n) is 7.80. The fraction of sp³-hybridized carbons (Fsp3) is 0.767.